The fraction of sp³-hybridized carbons (Fsp3) is 0.588. The number of benzene rings is 1. The number of nitrogens with zero attached hydrogens (tertiary/aromatic N) is 1. The van der Waals surface area contributed by atoms with Gasteiger partial charge in [-0.25, -0.2) is 0 Å². The zero-order chi connectivity index (χ0) is 14.1. The Morgan fingerprint density at radius 2 is 2.05 bits per heavy atom. The highest BCUT2D eigenvalue weighted by Crippen LogP contribution is 2.37. The van der Waals surface area contributed by atoms with E-state index in [4.69, 9.17) is 5.73 Å². The van der Waals surface area contributed by atoms with Gasteiger partial charge in [0.1, 0.15) is 0 Å². The zero-order valence-electron chi connectivity index (χ0n) is 12.6. The average molecular weight is 309 g/mol. The molecule has 0 radical (unpaired) electrons. The molecule has 0 aromatic heterocycles. The van der Waals surface area contributed by atoms with Crippen LogP contribution in [0.2, 0.25) is 0 Å². The van der Waals surface area contributed by atoms with Crippen LogP contribution in [-0.4, -0.2) is 29.9 Å². The van der Waals surface area contributed by atoms with Crippen molar-refractivity contribution >= 4 is 18.3 Å². The van der Waals surface area contributed by atoms with Crippen molar-refractivity contribution in [3.63, 3.8) is 0 Å². The number of aryl methyl sites for hydroxylation is 2. The largest absolute Gasteiger partial charge is 0.342 e. The lowest BCUT2D eigenvalue weighted by Crippen LogP contribution is -2.33. The lowest BCUT2D eigenvalue weighted by molar-refractivity contribution is -0.130. The maximum Gasteiger partial charge on any atom is 0.222 e. The first-order valence-corrected chi connectivity index (χ1v) is 7.73. The molecule has 0 bridgehead atoms. The quantitative estimate of drug-likeness (QED) is 0.933. The van der Waals surface area contributed by atoms with Crippen LogP contribution < -0.4 is 5.73 Å². The van der Waals surface area contributed by atoms with E-state index in [1.807, 2.05) is 17.0 Å². The number of fused-ring (bicyclic) bond motifs is 1. The molecule has 2 N–H and O–H groups in total. The van der Waals surface area contributed by atoms with Gasteiger partial charge in [-0.3, -0.25) is 4.79 Å². The molecule has 3 nitrogen and oxygen atoms in total. The van der Waals surface area contributed by atoms with Crippen molar-refractivity contribution in [1.82, 2.24) is 4.90 Å². The maximum absolute atomic E-state index is 12.4. The van der Waals surface area contributed by atoms with E-state index in [2.05, 4.69) is 19.1 Å². The standard InChI is InChI=1S/C17H24N2O.ClH/c1-12-4-2-3-5-13(12)7-9-17(20)19-10-14-6-8-16(18)15(14)11-19;/h2-5,14-16H,6-11,18H2,1H3;1H. The average Bonchev–Trinajstić information content (AvgIpc) is 3.00. The second-order valence-corrected chi connectivity index (χ2v) is 6.39. The number of halogens is 1. The highest BCUT2D eigenvalue weighted by atomic mass is 35.5. The van der Waals surface area contributed by atoms with Crippen molar-refractivity contribution in [2.24, 2.45) is 17.6 Å². The molecule has 1 aliphatic carbocycles. The van der Waals surface area contributed by atoms with Gasteiger partial charge in [0.2, 0.25) is 5.91 Å². The first-order chi connectivity index (χ1) is 9.65. The second-order valence-electron chi connectivity index (χ2n) is 6.39. The summed E-state index contributed by atoms with van der Waals surface area (Å²) in [6.07, 6.45) is 3.82. The Hall–Kier alpha value is -1.06. The molecule has 3 unspecified atom stereocenters. The highest BCUT2D eigenvalue weighted by molar-refractivity contribution is 5.85. The summed E-state index contributed by atoms with van der Waals surface area (Å²) in [5.74, 6) is 1.51. The van der Waals surface area contributed by atoms with Crippen molar-refractivity contribution < 1.29 is 4.79 Å². The Kier molecular flexibility index (Phi) is 5.28. The fourth-order valence-electron chi connectivity index (χ4n) is 3.80. The summed E-state index contributed by atoms with van der Waals surface area (Å²) in [4.78, 5) is 14.4. The molecule has 1 amide bonds. The molecule has 1 aliphatic heterocycles. The summed E-state index contributed by atoms with van der Waals surface area (Å²) in [5.41, 5.74) is 8.70. The van der Waals surface area contributed by atoms with Crippen LogP contribution in [0.1, 0.15) is 30.4 Å². The Labute approximate surface area is 133 Å². The first kappa shape index (κ1) is 16.3. The van der Waals surface area contributed by atoms with Crippen LogP contribution in [0.3, 0.4) is 0 Å². The number of hydrogen-bond donors (Lipinski definition) is 1. The van der Waals surface area contributed by atoms with E-state index in [1.165, 1.54) is 17.5 Å². The van der Waals surface area contributed by atoms with Gasteiger partial charge < -0.3 is 10.6 Å². The second kappa shape index (κ2) is 6.80. The first-order valence-electron chi connectivity index (χ1n) is 7.73. The fourth-order valence-corrected chi connectivity index (χ4v) is 3.80. The molecule has 1 aromatic carbocycles. The highest BCUT2D eigenvalue weighted by Gasteiger charge is 2.42. The number of amides is 1. The van der Waals surface area contributed by atoms with Gasteiger partial charge in [0.15, 0.2) is 0 Å². The van der Waals surface area contributed by atoms with Crippen molar-refractivity contribution in [3.8, 4) is 0 Å². The van der Waals surface area contributed by atoms with Crippen molar-refractivity contribution in [3.05, 3.63) is 35.4 Å². The van der Waals surface area contributed by atoms with Crippen LogP contribution in [0.5, 0.6) is 0 Å². The molecule has 2 aliphatic rings. The van der Waals surface area contributed by atoms with E-state index in [1.54, 1.807) is 0 Å². The molecular formula is C17H25ClN2O. The van der Waals surface area contributed by atoms with E-state index in [-0.39, 0.29) is 12.4 Å². The lowest BCUT2D eigenvalue weighted by Gasteiger charge is -2.19. The van der Waals surface area contributed by atoms with Gasteiger partial charge in [-0.05, 0) is 49.1 Å². The third kappa shape index (κ3) is 3.41. The van der Waals surface area contributed by atoms with Gasteiger partial charge in [0.25, 0.3) is 0 Å². The van der Waals surface area contributed by atoms with E-state index in [0.29, 0.717) is 30.2 Å². The molecule has 1 saturated carbocycles. The molecule has 3 rings (SSSR count). The molecule has 1 aromatic rings. The summed E-state index contributed by atoms with van der Waals surface area (Å²) in [6.45, 7) is 3.93. The van der Waals surface area contributed by atoms with E-state index in [9.17, 15) is 4.79 Å². The van der Waals surface area contributed by atoms with Gasteiger partial charge in [-0.1, -0.05) is 24.3 Å². The third-order valence-electron chi connectivity index (χ3n) is 5.13. The topological polar surface area (TPSA) is 46.3 Å². The van der Waals surface area contributed by atoms with Crippen LogP contribution >= 0.6 is 12.4 Å². The molecular weight excluding hydrogens is 284 g/mol. The Morgan fingerprint density at radius 1 is 1.29 bits per heavy atom. The third-order valence-corrected chi connectivity index (χ3v) is 5.13. The normalized spacial score (nSPS) is 27.3. The van der Waals surface area contributed by atoms with Gasteiger partial charge >= 0.3 is 0 Å². The monoisotopic (exact) mass is 308 g/mol. The van der Waals surface area contributed by atoms with Crippen LogP contribution in [0.15, 0.2) is 24.3 Å². The molecule has 1 saturated heterocycles. The van der Waals surface area contributed by atoms with Crippen LogP contribution in [0.4, 0.5) is 0 Å². The smallest absolute Gasteiger partial charge is 0.222 e. The summed E-state index contributed by atoms with van der Waals surface area (Å²) < 4.78 is 0. The van der Waals surface area contributed by atoms with Crippen molar-refractivity contribution in [2.75, 3.05) is 13.1 Å². The Morgan fingerprint density at radius 3 is 2.76 bits per heavy atom. The Balaban J connectivity index is 0.00000161. The van der Waals surface area contributed by atoms with Crippen LogP contribution in [-0.2, 0) is 11.2 Å². The van der Waals surface area contributed by atoms with E-state index >= 15 is 0 Å². The number of likely N-dealkylation sites (tertiary alicyclic amines) is 1. The molecule has 1 heterocycles. The maximum atomic E-state index is 12.4. The Bertz CT molecular complexity index is 505. The number of rotatable bonds is 3. The molecule has 2 fully saturated rings. The summed E-state index contributed by atoms with van der Waals surface area (Å²) in [5, 5.41) is 0. The predicted molar refractivity (Wildman–Crippen MR) is 87.5 cm³/mol. The summed E-state index contributed by atoms with van der Waals surface area (Å²) >= 11 is 0. The van der Waals surface area contributed by atoms with Crippen molar-refractivity contribution in [1.29, 1.82) is 0 Å². The minimum Gasteiger partial charge on any atom is -0.342 e. The van der Waals surface area contributed by atoms with Crippen molar-refractivity contribution in [2.45, 2.75) is 38.6 Å². The van der Waals surface area contributed by atoms with Gasteiger partial charge in [0.05, 0.1) is 0 Å². The van der Waals surface area contributed by atoms with Crippen LogP contribution in [0.25, 0.3) is 0 Å². The molecule has 0 spiro atoms. The number of carbonyl (C=O) groups is 1. The van der Waals surface area contributed by atoms with Crippen LogP contribution in [0, 0.1) is 18.8 Å². The SMILES string of the molecule is Cc1ccccc1CCC(=O)N1CC2CCC(N)C2C1.Cl. The predicted octanol–water partition coefficient (Wildman–Crippen LogP) is 2.55. The summed E-state index contributed by atoms with van der Waals surface area (Å²) in [7, 11) is 0. The van der Waals surface area contributed by atoms with Gasteiger partial charge in [0, 0.05) is 25.6 Å². The minimum absolute atomic E-state index is 0. The van der Waals surface area contributed by atoms with Gasteiger partial charge in [-0.15, -0.1) is 12.4 Å². The molecule has 3 atom stereocenters. The molecule has 4 heteroatoms. The minimum atomic E-state index is 0. The van der Waals surface area contributed by atoms with E-state index < -0.39 is 0 Å². The van der Waals surface area contributed by atoms with Gasteiger partial charge in [-0.2, -0.15) is 0 Å². The number of hydrogen-bond acceptors (Lipinski definition) is 2. The molecule has 21 heavy (non-hydrogen) atoms. The van der Waals surface area contributed by atoms with E-state index in [0.717, 1.165) is 25.9 Å². The number of carbonyl (C=O) groups excluding carboxylic acids is 1. The number of nitrogens with two attached hydrogens (primary N) is 1. The summed E-state index contributed by atoms with van der Waals surface area (Å²) in [6, 6.07) is 8.64. The zero-order valence-corrected chi connectivity index (χ0v) is 13.4. The molecule has 116 valence electrons. The lowest BCUT2D eigenvalue weighted by atomic mass is 9.98.